The van der Waals surface area contributed by atoms with Crippen molar-refractivity contribution in [3.63, 3.8) is 0 Å². The smallest absolute Gasteiger partial charge is 0.231 e. The number of nitrogens with two attached hydrogens (primary N) is 1. The van der Waals surface area contributed by atoms with E-state index >= 15 is 0 Å². The third-order valence-electron chi connectivity index (χ3n) is 4.44. The summed E-state index contributed by atoms with van der Waals surface area (Å²) in [6, 6.07) is 6.38. The molecule has 4 N–H and O–H groups in total. The fraction of sp³-hybridized carbons (Fsp3) is 0.389. The van der Waals surface area contributed by atoms with Gasteiger partial charge in [0.2, 0.25) is 5.95 Å². The number of fused-ring (bicyclic) bond motifs is 2. The Bertz CT molecular complexity index is 936. The lowest BCUT2D eigenvalue weighted by Gasteiger charge is -2.20. The molecule has 130 valence electrons. The van der Waals surface area contributed by atoms with E-state index < -0.39 is 0 Å². The van der Waals surface area contributed by atoms with Crippen molar-refractivity contribution in [2.75, 3.05) is 17.6 Å². The SMILES string of the molecule is CC(C)(C)n1ncc2c(N)nc(Nc3ccc4c(c3)CNCC4)nc21. The number of nitrogen functional groups attached to an aromatic ring is 1. The Labute approximate surface area is 146 Å². The summed E-state index contributed by atoms with van der Waals surface area (Å²) in [4.78, 5) is 9.04. The number of hydrogen-bond acceptors (Lipinski definition) is 6. The fourth-order valence-electron chi connectivity index (χ4n) is 3.16. The number of anilines is 3. The zero-order valence-corrected chi connectivity index (χ0v) is 14.8. The van der Waals surface area contributed by atoms with Crippen molar-refractivity contribution >= 4 is 28.5 Å². The van der Waals surface area contributed by atoms with Crippen molar-refractivity contribution in [2.24, 2.45) is 0 Å². The zero-order valence-electron chi connectivity index (χ0n) is 14.8. The molecule has 1 aromatic carbocycles. The quantitative estimate of drug-likeness (QED) is 0.665. The summed E-state index contributed by atoms with van der Waals surface area (Å²) in [5, 5.41) is 11.9. The molecule has 25 heavy (non-hydrogen) atoms. The fourth-order valence-corrected chi connectivity index (χ4v) is 3.16. The first-order valence-corrected chi connectivity index (χ1v) is 8.53. The number of rotatable bonds is 2. The molecule has 0 amide bonds. The second-order valence-electron chi connectivity index (χ2n) is 7.43. The predicted octanol–water partition coefficient (Wildman–Crippen LogP) is 2.55. The van der Waals surface area contributed by atoms with Crippen LogP contribution in [0.1, 0.15) is 31.9 Å². The molecule has 0 saturated heterocycles. The van der Waals surface area contributed by atoms with Gasteiger partial charge in [-0.2, -0.15) is 15.1 Å². The molecular weight excluding hydrogens is 314 g/mol. The lowest BCUT2D eigenvalue weighted by atomic mass is 10.0. The highest BCUT2D eigenvalue weighted by molar-refractivity contribution is 5.86. The third kappa shape index (κ3) is 2.91. The molecule has 4 rings (SSSR count). The Morgan fingerprint density at radius 3 is 2.84 bits per heavy atom. The van der Waals surface area contributed by atoms with Crippen LogP contribution in [0.15, 0.2) is 24.4 Å². The van der Waals surface area contributed by atoms with Gasteiger partial charge in [-0.25, -0.2) is 4.68 Å². The summed E-state index contributed by atoms with van der Waals surface area (Å²) in [6.07, 6.45) is 2.79. The first kappa shape index (κ1) is 15.8. The van der Waals surface area contributed by atoms with E-state index in [1.165, 1.54) is 11.1 Å². The van der Waals surface area contributed by atoms with Crippen molar-refractivity contribution in [3.8, 4) is 0 Å². The molecule has 0 unspecified atom stereocenters. The lowest BCUT2D eigenvalue weighted by Crippen LogP contribution is -2.23. The van der Waals surface area contributed by atoms with Gasteiger partial charge in [-0.1, -0.05) is 6.07 Å². The Morgan fingerprint density at radius 1 is 1.20 bits per heavy atom. The number of nitrogens with one attached hydrogen (secondary N) is 2. The first-order chi connectivity index (χ1) is 11.9. The van der Waals surface area contributed by atoms with Gasteiger partial charge in [0.1, 0.15) is 5.82 Å². The third-order valence-corrected chi connectivity index (χ3v) is 4.44. The summed E-state index contributed by atoms with van der Waals surface area (Å²) in [5.74, 6) is 0.919. The second kappa shape index (κ2) is 5.70. The van der Waals surface area contributed by atoms with Crippen LogP contribution < -0.4 is 16.4 Å². The largest absolute Gasteiger partial charge is 0.383 e. The summed E-state index contributed by atoms with van der Waals surface area (Å²) >= 11 is 0. The highest BCUT2D eigenvalue weighted by Gasteiger charge is 2.20. The zero-order chi connectivity index (χ0) is 17.6. The van der Waals surface area contributed by atoms with E-state index in [0.29, 0.717) is 11.8 Å². The van der Waals surface area contributed by atoms with Crippen LogP contribution in [-0.2, 0) is 18.5 Å². The molecule has 7 nitrogen and oxygen atoms in total. The van der Waals surface area contributed by atoms with Crippen LogP contribution in [0.2, 0.25) is 0 Å². The summed E-state index contributed by atoms with van der Waals surface area (Å²) in [7, 11) is 0. The van der Waals surface area contributed by atoms with E-state index in [9.17, 15) is 0 Å². The minimum absolute atomic E-state index is 0.183. The van der Waals surface area contributed by atoms with Crippen LogP contribution in [0.3, 0.4) is 0 Å². The average molecular weight is 337 g/mol. The van der Waals surface area contributed by atoms with E-state index in [2.05, 4.69) is 64.7 Å². The molecule has 3 aromatic rings. The number of nitrogens with zero attached hydrogens (tertiary/aromatic N) is 4. The summed E-state index contributed by atoms with van der Waals surface area (Å²) in [6.45, 7) is 8.18. The number of benzene rings is 1. The topological polar surface area (TPSA) is 93.7 Å². The Kier molecular flexibility index (Phi) is 3.61. The maximum atomic E-state index is 6.12. The Morgan fingerprint density at radius 2 is 2.04 bits per heavy atom. The van der Waals surface area contributed by atoms with Crippen molar-refractivity contribution in [1.82, 2.24) is 25.1 Å². The van der Waals surface area contributed by atoms with E-state index in [1.807, 2.05) is 4.68 Å². The van der Waals surface area contributed by atoms with Gasteiger partial charge in [-0.15, -0.1) is 0 Å². The molecule has 0 atom stereocenters. The summed E-state index contributed by atoms with van der Waals surface area (Å²) in [5.41, 5.74) is 10.3. The highest BCUT2D eigenvalue weighted by Crippen LogP contribution is 2.26. The average Bonchev–Trinajstić information content (AvgIpc) is 2.99. The van der Waals surface area contributed by atoms with Gasteiger partial charge >= 0.3 is 0 Å². The monoisotopic (exact) mass is 337 g/mol. The van der Waals surface area contributed by atoms with E-state index in [0.717, 1.165) is 36.2 Å². The molecule has 0 fully saturated rings. The van der Waals surface area contributed by atoms with Gasteiger partial charge in [0, 0.05) is 12.2 Å². The van der Waals surface area contributed by atoms with E-state index in [4.69, 9.17) is 5.73 Å². The molecule has 0 bridgehead atoms. The van der Waals surface area contributed by atoms with Crippen LogP contribution in [0.25, 0.3) is 11.0 Å². The molecule has 3 heterocycles. The van der Waals surface area contributed by atoms with Gasteiger partial charge < -0.3 is 16.4 Å². The van der Waals surface area contributed by atoms with Crippen LogP contribution in [0.4, 0.5) is 17.5 Å². The van der Waals surface area contributed by atoms with Crippen molar-refractivity contribution < 1.29 is 0 Å². The Hall–Kier alpha value is -2.67. The van der Waals surface area contributed by atoms with Crippen LogP contribution in [0, 0.1) is 0 Å². The normalized spacial score (nSPS) is 14.5. The molecule has 0 radical (unpaired) electrons. The molecule has 1 aliphatic heterocycles. The standard InChI is InChI=1S/C18H23N7/c1-18(2,3)25-16-14(10-21-25)15(19)23-17(24-16)22-13-5-4-11-6-7-20-9-12(11)8-13/h4-5,8,10,20H,6-7,9H2,1-3H3,(H3,19,22,23,24). The molecular formula is C18H23N7. The van der Waals surface area contributed by atoms with Crippen LogP contribution >= 0.6 is 0 Å². The maximum absolute atomic E-state index is 6.12. The van der Waals surface area contributed by atoms with E-state index in [-0.39, 0.29) is 5.54 Å². The molecule has 2 aromatic heterocycles. The van der Waals surface area contributed by atoms with Crippen LogP contribution in [0.5, 0.6) is 0 Å². The van der Waals surface area contributed by atoms with Crippen molar-refractivity contribution in [1.29, 1.82) is 0 Å². The number of hydrogen-bond donors (Lipinski definition) is 3. The maximum Gasteiger partial charge on any atom is 0.231 e. The molecule has 7 heteroatoms. The first-order valence-electron chi connectivity index (χ1n) is 8.53. The van der Waals surface area contributed by atoms with Gasteiger partial charge in [0.05, 0.1) is 17.1 Å². The lowest BCUT2D eigenvalue weighted by molar-refractivity contribution is 0.366. The van der Waals surface area contributed by atoms with Crippen molar-refractivity contribution in [3.05, 3.63) is 35.5 Å². The second-order valence-corrected chi connectivity index (χ2v) is 7.43. The molecule has 0 aliphatic carbocycles. The minimum atomic E-state index is -0.183. The van der Waals surface area contributed by atoms with Crippen molar-refractivity contribution in [2.45, 2.75) is 39.3 Å². The molecule has 0 spiro atoms. The minimum Gasteiger partial charge on any atom is -0.383 e. The molecule has 1 aliphatic rings. The van der Waals surface area contributed by atoms with Gasteiger partial charge in [0.25, 0.3) is 0 Å². The van der Waals surface area contributed by atoms with Gasteiger partial charge in [-0.3, -0.25) is 0 Å². The predicted molar refractivity (Wildman–Crippen MR) is 99.9 cm³/mol. The molecule has 0 saturated carbocycles. The van der Waals surface area contributed by atoms with Gasteiger partial charge in [-0.05, 0) is 57.0 Å². The van der Waals surface area contributed by atoms with E-state index in [1.54, 1.807) is 6.20 Å². The van der Waals surface area contributed by atoms with Crippen LogP contribution in [-0.4, -0.2) is 26.3 Å². The Balaban J connectivity index is 1.72. The summed E-state index contributed by atoms with van der Waals surface area (Å²) < 4.78 is 1.88. The van der Waals surface area contributed by atoms with Gasteiger partial charge in [0.15, 0.2) is 5.65 Å². The highest BCUT2D eigenvalue weighted by atomic mass is 15.3. The number of aromatic nitrogens is 4.